The first-order valence-corrected chi connectivity index (χ1v) is 10.4. The van der Waals surface area contributed by atoms with E-state index in [0.29, 0.717) is 12.0 Å². The van der Waals surface area contributed by atoms with Crippen molar-refractivity contribution in [1.82, 2.24) is 0 Å². The van der Waals surface area contributed by atoms with Gasteiger partial charge in [-0.1, -0.05) is 63.6 Å². The molecule has 0 aliphatic heterocycles. The fourth-order valence-electron chi connectivity index (χ4n) is 3.43. The van der Waals surface area contributed by atoms with E-state index in [1.807, 2.05) is 0 Å². The first-order chi connectivity index (χ1) is 13.3. The van der Waals surface area contributed by atoms with Crippen molar-refractivity contribution in [3.8, 4) is 0 Å². The molecular formula is C22H35F3O3. The van der Waals surface area contributed by atoms with Crippen molar-refractivity contribution in [2.45, 2.75) is 84.3 Å². The summed E-state index contributed by atoms with van der Waals surface area (Å²) in [5.74, 6) is -2.23. The van der Waals surface area contributed by atoms with Crippen molar-refractivity contribution in [2.24, 2.45) is 5.92 Å². The molecule has 162 valence electrons. The van der Waals surface area contributed by atoms with Crippen molar-refractivity contribution in [3.63, 3.8) is 0 Å². The Bertz CT molecular complexity index is 540. The lowest BCUT2D eigenvalue weighted by Crippen LogP contribution is -2.45. The van der Waals surface area contributed by atoms with Crippen LogP contribution in [0.25, 0.3) is 0 Å². The van der Waals surface area contributed by atoms with Crippen LogP contribution in [0.2, 0.25) is 0 Å². The summed E-state index contributed by atoms with van der Waals surface area (Å²) in [6, 6.07) is 5.26. The summed E-state index contributed by atoms with van der Waals surface area (Å²) in [6.45, 7) is 6.19. The van der Waals surface area contributed by atoms with E-state index >= 15 is 0 Å². The molecule has 0 spiro atoms. The molecular weight excluding hydrogens is 369 g/mol. The van der Waals surface area contributed by atoms with Crippen LogP contribution in [-0.4, -0.2) is 24.3 Å². The van der Waals surface area contributed by atoms with Crippen LogP contribution in [0.4, 0.5) is 13.2 Å². The maximum absolute atomic E-state index is 13.0. The van der Waals surface area contributed by atoms with Crippen LogP contribution in [0.15, 0.2) is 24.3 Å². The van der Waals surface area contributed by atoms with Crippen LogP contribution < -0.4 is 0 Å². The average molecular weight is 405 g/mol. The van der Waals surface area contributed by atoms with Gasteiger partial charge in [-0.25, -0.2) is 0 Å². The Balaban J connectivity index is 2.90. The minimum Gasteiger partial charge on any atom is -0.343 e. The van der Waals surface area contributed by atoms with Crippen molar-refractivity contribution in [3.05, 3.63) is 35.4 Å². The second-order valence-corrected chi connectivity index (χ2v) is 7.15. The predicted molar refractivity (Wildman–Crippen MR) is 105 cm³/mol. The number of alkyl halides is 3. The lowest BCUT2D eigenvalue weighted by molar-refractivity contribution is -0.384. The summed E-state index contributed by atoms with van der Waals surface area (Å²) < 4.78 is 50.1. The Morgan fingerprint density at radius 2 is 1.54 bits per heavy atom. The second kappa shape index (κ2) is 12.5. The van der Waals surface area contributed by atoms with Crippen LogP contribution in [0.3, 0.4) is 0 Å². The summed E-state index contributed by atoms with van der Waals surface area (Å²) in [6.07, 6.45) is 3.06. The van der Waals surface area contributed by atoms with Gasteiger partial charge in [-0.15, -0.1) is 0 Å². The molecule has 1 unspecified atom stereocenters. The molecule has 0 radical (unpaired) electrons. The number of aliphatic hydroxyl groups is 1. The smallest absolute Gasteiger partial charge is 0.343 e. The number of hydrogen-bond donors (Lipinski definition) is 1. The van der Waals surface area contributed by atoms with Gasteiger partial charge in [-0.2, -0.15) is 13.2 Å². The van der Waals surface area contributed by atoms with Gasteiger partial charge in [-0.3, -0.25) is 0 Å². The maximum atomic E-state index is 13.0. The van der Waals surface area contributed by atoms with E-state index in [4.69, 9.17) is 9.47 Å². The van der Waals surface area contributed by atoms with Crippen molar-refractivity contribution < 1.29 is 27.8 Å². The van der Waals surface area contributed by atoms with E-state index < -0.39 is 23.6 Å². The number of benzene rings is 1. The van der Waals surface area contributed by atoms with Crippen LogP contribution in [0.5, 0.6) is 0 Å². The van der Waals surface area contributed by atoms with Gasteiger partial charge in [0.05, 0.1) is 5.56 Å². The monoisotopic (exact) mass is 404 g/mol. The molecule has 3 nitrogen and oxygen atoms in total. The van der Waals surface area contributed by atoms with Gasteiger partial charge in [0.25, 0.3) is 5.97 Å². The lowest BCUT2D eigenvalue weighted by atomic mass is 9.90. The lowest BCUT2D eigenvalue weighted by Gasteiger charge is -2.35. The maximum Gasteiger partial charge on any atom is 0.416 e. The number of rotatable bonds is 14. The van der Waals surface area contributed by atoms with Gasteiger partial charge in [0.1, 0.15) is 0 Å². The quantitative estimate of drug-likeness (QED) is 0.291. The summed E-state index contributed by atoms with van der Waals surface area (Å²) in [5, 5.41) is 10.9. The van der Waals surface area contributed by atoms with Gasteiger partial charge in [0, 0.05) is 19.1 Å². The van der Waals surface area contributed by atoms with Gasteiger partial charge in [-0.05, 0) is 38.3 Å². The average Bonchev–Trinajstić information content (AvgIpc) is 2.63. The minimum atomic E-state index is -4.39. The summed E-state index contributed by atoms with van der Waals surface area (Å²) >= 11 is 0. The van der Waals surface area contributed by atoms with Crippen LogP contribution in [0, 0.1) is 5.92 Å². The first-order valence-electron chi connectivity index (χ1n) is 10.4. The Hall–Kier alpha value is -1.11. The summed E-state index contributed by atoms with van der Waals surface area (Å²) in [7, 11) is 0. The topological polar surface area (TPSA) is 38.7 Å². The fraction of sp³-hybridized carbons (Fsp3) is 0.727. The molecule has 1 aromatic rings. The largest absolute Gasteiger partial charge is 0.416 e. The molecule has 0 saturated carbocycles. The Kier molecular flexibility index (Phi) is 11.1. The molecule has 0 aliphatic carbocycles. The summed E-state index contributed by atoms with van der Waals surface area (Å²) in [5.41, 5.74) is -0.164. The third-order valence-corrected chi connectivity index (χ3v) is 4.86. The second-order valence-electron chi connectivity index (χ2n) is 7.15. The van der Waals surface area contributed by atoms with Gasteiger partial charge >= 0.3 is 6.18 Å². The zero-order valence-corrected chi connectivity index (χ0v) is 17.4. The molecule has 28 heavy (non-hydrogen) atoms. The third kappa shape index (κ3) is 8.50. The Labute approximate surface area is 167 Å². The third-order valence-electron chi connectivity index (χ3n) is 4.86. The number of halogens is 3. The van der Waals surface area contributed by atoms with E-state index in [0.717, 1.165) is 31.4 Å². The molecule has 0 amide bonds. The summed E-state index contributed by atoms with van der Waals surface area (Å²) in [4.78, 5) is 0. The number of hydrogen-bond acceptors (Lipinski definition) is 3. The number of ether oxygens (including phenoxy) is 2. The highest BCUT2D eigenvalue weighted by Crippen LogP contribution is 2.33. The molecule has 0 saturated heterocycles. The zero-order chi connectivity index (χ0) is 21.0. The molecule has 6 heteroatoms. The molecule has 0 aromatic heterocycles. The SMILES string of the molecule is CCCCCCCCC(Cc1cccc(C(F)(F)F)c1)C(O)(OCC)OCC. The van der Waals surface area contributed by atoms with Crippen molar-refractivity contribution in [2.75, 3.05) is 13.2 Å². The fourth-order valence-corrected chi connectivity index (χ4v) is 3.43. The molecule has 1 atom stereocenters. The Morgan fingerprint density at radius 1 is 0.929 bits per heavy atom. The van der Waals surface area contributed by atoms with E-state index in [9.17, 15) is 18.3 Å². The van der Waals surface area contributed by atoms with Gasteiger partial charge in [0.2, 0.25) is 0 Å². The zero-order valence-electron chi connectivity index (χ0n) is 17.4. The first kappa shape index (κ1) is 24.9. The molecule has 1 N–H and O–H groups in total. The van der Waals surface area contributed by atoms with Gasteiger partial charge < -0.3 is 14.6 Å². The van der Waals surface area contributed by atoms with Crippen LogP contribution in [0.1, 0.15) is 76.8 Å². The molecule has 0 heterocycles. The number of unbranched alkanes of at least 4 members (excludes halogenated alkanes) is 5. The predicted octanol–water partition coefficient (Wildman–Crippen LogP) is 6.33. The van der Waals surface area contributed by atoms with Crippen molar-refractivity contribution in [1.29, 1.82) is 0 Å². The van der Waals surface area contributed by atoms with Gasteiger partial charge in [0.15, 0.2) is 0 Å². The Morgan fingerprint density at radius 3 is 2.11 bits per heavy atom. The standard InChI is InChI=1S/C22H35F3O3/c1-4-7-8-9-10-11-14-20(22(26,27-5-2)28-6-3)17-18-13-12-15-19(16-18)21(23,24)25/h12-13,15-16,20,26H,4-11,14,17H2,1-3H3. The van der Waals surface area contributed by atoms with E-state index in [-0.39, 0.29) is 19.6 Å². The highest BCUT2D eigenvalue weighted by molar-refractivity contribution is 5.26. The molecule has 0 bridgehead atoms. The highest BCUT2D eigenvalue weighted by Gasteiger charge is 2.39. The van der Waals surface area contributed by atoms with E-state index in [1.54, 1.807) is 19.9 Å². The van der Waals surface area contributed by atoms with Crippen molar-refractivity contribution >= 4 is 0 Å². The highest BCUT2D eigenvalue weighted by atomic mass is 19.4. The molecule has 1 rings (SSSR count). The van der Waals surface area contributed by atoms with E-state index in [2.05, 4.69) is 6.92 Å². The van der Waals surface area contributed by atoms with E-state index in [1.165, 1.54) is 25.3 Å². The van der Waals surface area contributed by atoms with Crippen LogP contribution >= 0.6 is 0 Å². The normalized spacial score (nSPS) is 13.7. The molecule has 0 fully saturated rings. The molecule has 1 aromatic carbocycles. The van der Waals surface area contributed by atoms with Crippen LogP contribution in [-0.2, 0) is 22.1 Å². The molecule has 0 aliphatic rings. The minimum absolute atomic E-state index is 0.256.